The molecule has 0 saturated heterocycles. The smallest absolute Gasteiger partial charge is 0.335 e. The minimum atomic E-state index is -0.963. The number of rotatable bonds is 5. The summed E-state index contributed by atoms with van der Waals surface area (Å²) in [5, 5.41) is 18.7. The first-order valence-corrected chi connectivity index (χ1v) is 9.23. The molecule has 3 N–H and O–H groups in total. The van der Waals surface area contributed by atoms with Gasteiger partial charge >= 0.3 is 5.97 Å². The monoisotopic (exact) mass is 366 g/mol. The molecule has 0 radical (unpaired) electrons. The fourth-order valence-electron chi connectivity index (χ4n) is 3.51. The van der Waals surface area contributed by atoms with Crippen LogP contribution in [-0.4, -0.2) is 38.9 Å². The number of carboxylic acid groups (broad SMARTS) is 1. The van der Waals surface area contributed by atoms with Gasteiger partial charge in [-0.05, 0) is 74.1 Å². The van der Waals surface area contributed by atoms with E-state index < -0.39 is 5.97 Å². The highest BCUT2D eigenvalue weighted by molar-refractivity contribution is 5.93. The Balaban J connectivity index is 1.44. The molecule has 0 spiro atoms. The number of imidazole rings is 1. The molecular weight excluding hydrogens is 344 g/mol. The van der Waals surface area contributed by atoms with E-state index in [1.807, 2.05) is 24.3 Å². The third-order valence-corrected chi connectivity index (χ3v) is 5.16. The number of hydrogen-bond donors (Lipinski definition) is 3. The Hall–Kier alpha value is -2.86. The maximum atomic E-state index is 11.1. The highest BCUT2D eigenvalue weighted by atomic mass is 16.5. The van der Waals surface area contributed by atoms with E-state index in [-0.39, 0.29) is 11.7 Å². The Kier molecular flexibility index (Phi) is 4.81. The number of fused-ring (bicyclic) bond motifs is 1. The number of aromatic carboxylic acids is 1. The molecule has 27 heavy (non-hydrogen) atoms. The summed E-state index contributed by atoms with van der Waals surface area (Å²) in [5.41, 5.74) is 2.57. The Morgan fingerprint density at radius 2 is 1.85 bits per heavy atom. The summed E-state index contributed by atoms with van der Waals surface area (Å²) < 4.78 is 5.90. The zero-order valence-electron chi connectivity index (χ0n) is 14.9. The van der Waals surface area contributed by atoms with Gasteiger partial charge in [-0.2, -0.15) is 0 Å². The number of carbonyl (C=O) groups is 1. The molecule has 0 unspecified atom stereocenters. The lowest BCUT2D eigenvalue weighted by Gasteiger charge is -2.25. The third-order valence-electron chi connectivity index (χ3n) is 5.16. The SMILES string of the molecule is O=C(O)c1ccc2[nH]c(-c3ccc(OC[C@H]4CC[C@H](O)CC4)cc3)nc2c1. The van der Waals surface area contributed by atoms with Crippen LogP contribution < -0.4 is 4.74 Å². The second-order valence-electron chi connectivity index (χ2n) is 7.13. The van der Waals surface area contributed by atoms with Crippen molar-refractivity contribution in [2.24, 2.45) is 5.92 Å². The van der Waals surface area contributed by atoms with E-state index in [1.165, 1.54) is 0 Å². The molecule has 0 amide bonds. The number of aromatic nitrogens is 2. The van der Waals surface area contributed by atoms with Crippen molar-refractivity contribution in [2.75, 3.05) is 6.61 Å². The van der Waals surface area contributed by atoms with Crippen molar-refractivity contribution in [3.8, 4) is 17.1 Å². The van der Waals surface area contributed by atoms with Crippen LogP contribution in [-0.2, 0) is 0 Å². The van der Waals surface area contributed by atoms with Gasteiger partial charge in [-0.1, -0.05) is 0 Å². The molecule has 6 heteroatoms. The predicted molar refractivity (Wildman–Crippen MR) is 102 cm³/mol. The number of aliphatic hydroxyl groups is 1. The Labute approximate surface area is 156 Å². The number of benzene rings is 2. The number of ether oxygens (including phenoxy) is 1. The number of nitrogens with one attached hydrogen (secondary N) is 1. The summed E-state index contributed by atoms with van der Waals surface area (Å²) in [6, 6.07) is 12.6. The lowest BCUT2D eigenvalue weighted by molar-refractivity contribution is 0.0697. The van der Waals surface area contributed by atoms with Crippen molar-refractivity contribution in [1.29, 1.82) is 0 Å². The minimum absolute atomic E-state index is 0.143. The Morgan fingerprint density at radius 1 is 1.11 bits per heavy atom. The molecule has 4 rings (SSSR count). The van der Waals surface area contributed by atoms with Gasteiger partial charge in [0.25, 0.3) is 0 Å². The molecule has 140 valence electrons. The zero-order valence-corrected chi connectivity index (χ0v) is 14.9. The van der Waals surface area contributed by atoms with Crippen molar-refractivity contribution in [2.45, 2.75) is 31.8 Å². The number of aromatic amines is 1. The van der Waals surface area contributed by atoms with Crippen LogP contribution in [0.4, 0.5) is 0 Å². The van der Waals surface area contributed by atoms with Crippen LogP contribution in [0.1, 0.15) is 36.0 Å². The van der Waals surface area contributed by atoms with E-state index in [4.69, 9.17) is 9.84 Å². The van der Waals surface area contributed by atoms with Gasteiger partial charge in [-0.25, -0.2) is 9.78 Å². The average Bonchev–Trinajstić information content (AvgIpc) is 3.11. The summed E-state index contributed by atoms with van der Waals surface area (Å²) in [5.74, 6) is 1.05. The van der Waals surface area contributed by atoms with E-state index in [0.29, 0.717) is 23.9 Å². The topological polar surface area (TPSA) is 95.4 Å². The molecule has 1 saturated carbocycles. The van der Waals surface area contributed by atoms with Crippen LogP contribution in [0.2, 0.25) is 0 Å². The van der Waals surface area contributed by atoms with Gasteiger partial charge in [0.2, 0.25) is 0 Å². The van der Waals surface area contributed by atoms with Crippen molar-refractivity contribution in [1.82, 2.24) is 9.97 Å². The van der Waals surface area contributed by atoms with Crippen molar-refractivity contribution >= 4 is 17.0 Å². The van der Waals surface area contributed by atoms with E-state index in [0.717, 1.165) is 42.5 Å². The number of hydrogen-bond acceptors (Lipinski definition) is 4. The Bertz CT molecular complexity index is 940. The fraction of sp³-hybridized carbons (Fsp3) is 0.333. The minimum Gasteiger partial charge on any atom is -0.493 e. The summed E-state index contributed by atoms with van der Waals surface area (Å²) in [4.78, 5) is 18.8. The zero-order chi connectivity index (χ0) is 18.8. The maximum Gasteiger partial charge on any atom is 0.335 e. The maximum absolute atomic E-state index is 11.1. The number of H-pyrrole nitrogens is 1. The molecule has 1 aliphatic rings. The van der Waals surface area contributed by atoms with Crippen LogP contribution >= 0.6 is 0 Å². The molecule has 1 aromatic heterocycles. The van der Waals surface area contributed by atoms with Gasteiger partial charge < -0.3 is 19.9 Å². The molecule has 0 atom stereocenters. The molecule has 0 aliphatic heterocycles. The second kappa shape index (κ2) is 7.40. The van der Waals surface area contributed by atoms with Crippen LogP contribution in [0.3, 0.4) is 0 Å². The first-order valence-electron chi connectivity index (χ1n) is 9.23. The molecular formula is C21H22N2O4. The average molecular weight is 366 g/mol. The van der Waals surface area contributed by atoms with E-state index in [9.17, 15) is 9.90 Å². The molecule has 2 aromatic carbocycles. The van der Waals surface area contributed by atoms with Crippen LogP contribution in [0.25, 0.3) is 22.4 Å². The number of aliphatic hydroxyl groups excluding tert-OH is 1. The predicted octanol–water partition coefficient (Wildman–Crippen LogP) is 3.86. The standard InChI is InChI=1S/C21H22N2O4/c24-16-6-1-13(2-7-16)12-27-17-8-3-14(4-9-17)20-22-18-10-5-15(21(25)26)11-19(18)23-20/h3-5,8-11,13,16,24H,1-2,6-7,12H2,(H,22,23)(H,25,26)/t13-,16-. The number of nitrogens with zero attached hydrogens (tertiary/aromatic N) is 1. The van der Waals surface area contributed by atoms with Crippen LogP contribution in [0, 0.1) is 5.92 Å². The van der Waals surface area contributed by atoms with E-state index in [2.05, 4.69) is 9.97 Å². The van der Waals surface area contributed by atoms with Crippen molar-refractivity contribution in [3.63, 3.8) is 0 Å². The second-order valence-corrected chi connectivity index (χ2v) is 7.13. The largest absolute Gasteiger partial charge is 0.493 e. The number of carboxylic acids is 1. The summed E-state index contributed by atoms with van der Waals surface area (Å²) in [7, 11) is 0. The fourth-order valence-corrected chi connectivity index (χ4v) is 3.51. The highest BCUT2D eigenvalue weighted by Crippen LogP contribution is 2.27. The first-order chi connectivity index (χ1) is 13.1. The van der Waals surface area contributed by atoms with Gasteiger partial charge in [0.1, 0.15) is 11.6 Å². The highest BCUT2D eigenvalue weighted by Gasteiger charge is 2.19. The van der Waals surface area contributed by atoms with Gasteiger partial charge in [-0.15, -0.1) is 0 Å². The lowest BCUT2D eigenvalue weighted by Crippen LogP contribution is -2.22. The Morgan fingerprint density at radius 3 is 2.56 bits per heavy atom. The van der Waals surface area contributed by atoms with Crippen LogP contribution in [0.5, 0.6) is 5.75 Å². The van der Waals surface area contributed by atoms with Gasteiger partial charge in [-0.3, -0.25) is 0 Å². The van der Waals surface area contributed by atoms with Crippen LogP contribution in [0.15, 0.2) is 42.5 Å². The summed E-state index contributed by atoms with van der Waals surface area (Å²) >= 11 is 0. The van der Waals surface area contributed by atoms with Gasteiger partial charge in [0, 0.05) is 5.56 Å². The normalized spacial score (nSPS) is 19.9. The van der Waals surface area contributed by atoms with Crippen molar-refractivity contribution < 1.29 is 19.7 Å². The summed E-state index contributed by atoms with van der Waals surface area (Å²) in [6.45, 7) is 0.675. The molecule has 6 nitrogen and oxygen atoms in total. The third kappa shape index (κ3) is 3.95. The molecule has 1 fully saturated rings. The van der Waals surface area contributed by atoms with E-state index >= 15 is 0 Å². The van der Waals surface area contributed by atoms with E-state index in [1.54, 1.807) is 18.2 Å². The van der Waals surface area contributed by atoms with Gasteiger partial charge in [0.15, 0.2) is 0 Å². The molecule has 3 aromatic rings. The van der Waals surface area contributed by atoms with Crippen molar-refractivity contribution in [3.05, 3.63) is 48.0 Å². The lowest BCUT2D eigenvalue weighted by atomic mass is 9.88. The summed E-state index contributed by atoms with van der Waals surface area (Å²) in [6.07, 6.45) is 3.61. The molecule has 1 heterocycles. The van der Waals surface area contributed by atoms with Gasteiger partial charge in [0.05, 0.1) is 29.3 Å². The first kappa shape index (κ1) is 17.5. The molecule has 1 aliphatic carbocycles. The molecule has 0 bridgehead atoms. The quantitative estimate of drug-likeness (QED) is 0.637.